The lowest BCUT2D eigenvalue weighted by Gasteiger charge is -2.57. The monoisotopic (exact) mass is 243 g/mol. The first kappa shape index (κ1) is 10.7. The predicted octanol–water partition coefficient (Wildman–Crippen LogP) is 3.04. The molecule has 0 atom stereocenters. The van der Waals surface area contributed by atoms with Gasteiger partial charge in [-0.05, 0) is 68.4 Å². The van der Waals surface area contributed by atoms with Gasteiger partial charge in [-0.3, -0.25) is 0 Å². The van der Waals surface area contributed by atoms with Crippen LogP contribution in [0.5, 0.6) is 0 Å². The summed E-state index contributed by atoms with van der Waals surface area (Å²) in [6.07, 6.45) is 10.3. The molecule has 3 nitrogen and oxygen atoms in total. The molecule has 0 amide bonds. The molecule has 5 rings (SSSR count). The van der Waals surface area contributed by atoms with Gasteiger partial charge in [-0.15, -0.1) is 0 Å². The molecule has 0 aliphatic heterocycles. The summed E-state index contributed by atoms with van der Waals surface area (Å²) in [6, 6.07) is 3.96. The van der Waals surface area contributed by atoms with E-state index in [9.17, 15) is 0 Å². The summed E-state index contributed by atoms with van der Waals surface area (Å²) in [4.78, 5) is 4.42. The standard InChI is InChI=1S/C15H21N3/c16-13-1-2-14(17-9-13)18-15-6-10-3-11(7-15)5-12(4-10)8-15/h1-2,9-12H,3-8,16H2,(H,17,18). The van der Waals surface area contributed by atoms with Gasteiger partial charge in [0.15, 0.2) is 0 Å². The summed E-state index contributed by atoms with van der Waals surface area (Å²) < 4.78 is 0. The van der Waals surface area contributed by atoms with Crippen LogP contribution in [0.2, 0.25) is 0 Å². The molecule has 0 spiro atoms. The second kappa shape index (κ2) is 3.62. The van der Waals surface area contributed by atoms with Crippen LogP contribution in [0.15, 0.2) is 18.3 Å². The molecule has 4 bridgehead atoms. The number of nitrogen functional groups attached to an aromatic ring is 1. The maximum Gasteiger partial charge on any atom is 0.126 e. The number of nitrogens with one attached hydrogen (secondary N) is 1. The molecule has 3 heteroatoms. The zero-order valence-electron chi connectivity index (χ0n) is 10.7. The Kier molecular flexibility index (Phi) is 2.14. The zero-order valence-corrected chi connectivity index (χ0v) is 10.7. The number of nitrogens with zero attached hydrogens (tertiary/aromatic N) is 1. The first-order valence-corrected chi connectivity index (χ1v) is 7.20. The van der Waals surface area contributed by atoms with Gasteiger partial charge in [0.25, 0.3) is 0 Å². The molecule has 0 aromatic carbocycles. The fraction of sp³-hybridized carbons (Fsp3) is 0.667. The number of aromatic nitrogens is 1. The number of hydrogen-bond donors (Lipinski definition) is 2. The second-order valence-electron chi connectivity index (χ2n) is 6.80. The highest BCUT2D eigenvalue weighted by atomic mass is 15.1. The predicted molar refractivity (Wildman–Crippen MR) is 73.2 cm³/mol. The van der Waals surface area contributed by atoms with Gasteiger partial charge in [-0.2, -0.15) is 0 Å². The van der Waals surface area contributed by atoms with Gasteiger partial charge < -0.3 is 11.1 Å². The van der Waals surface area contributed by atoms with E-state index < -0.39 is 0 Å². The smallest absolute Gasteiger partial charge is 0.126 e. The van der Waals surface area contributed by atoms with E-state index >= 15 is 0 Å². The van der Waals surface area contributed by atoms with E-state index in [1.54, 1.807) is 6.20 Å². The van der Waals surface area contributed by atoms with Gasteiger partial charge in [0.05, 0.1) is 11.9 Å². The Morgan fingerprint density at radius 3 is 2.17 bits per heavy atom. The van der Waals surface area contributed by atoms with Crippen LogP contribution in [0.3, 0.4) is 0 Å². The molecular weight excluding hydrogens is 222 g/mol. The summed E-state index contributed by atoms with van der Waals surface area (Å²) in [5.74, 6) is 3.92. The van der Waals surface area contributed by atoms with Crippen molar-refractivity contribution >= 4 is 11.5 Å². The van der Waals surface area contributed by atoms with E-state index in [4.69, 9.17) is 5.73 Å². The molecule has 1 aromatic rings. The van der Waals surface area contributed by atoms with Crippen LogP contribution >= 0.6 is 0 Å². The Balaban J connectivity index is 1.58. The number of anilines is 2. The number of rotatable bonds is 2. The Hall–Kier alpha value is -1.25. The molecular formula is C15H21N3. The summed E-state index contributed by atoms with van der Waals surface area (Å²) in [6.45, 7) is 0. The number of nitrogens with two attached hydrogens (primary N) is 1. The average molecular weight is 243 g/mol. The van der Waals surface area contributed by atoms with Crippen LogP contribution in [0.1, 0.15) is 38.5 Å². The molecule has 0 unspecified atom stereocenters. The second-order valence-corrected chi connectivity index (χ2v) is 6.80. The highest BCUT2D eigenvalue weighted by Crippen LogP contribution is 2.56. The molecule has 0 saturated heterocycles. The highest BCUT2D eigenvalue weighted by Gasteiger charge is 2.50. The van der Waals surface area contributed by atoms with Gasteiger partial charge in [0.2, 0.25) is 0 Å². The van der Waals surface area contributed by atoms with Crippen LogP contribution in [0.25, 0.3) is 0 Å². The van der Waals surface area contributed by atoms with Crippen molar-refractivity contribution < 1.29 is 0 Å². The minimum atomic E-state index is 0.345. The molecule has 4 aliphatic rings. The summed E-state index contributed by atoms with van der Waals surface area (Å²) >= 11 is 0. The van der Waals surface area contributed by atoms with Crippen LogP contribution in [0.4, 0.5) is 11.5 Å². The fourth-order valence-electron chi connectivity index (χ4n) is 5.01. The first-order valence-electron chi connectivity index (χ1n) is 7.20. The molecule has 0 radical (unpaired) electrons. The molecule has 4 saturated carbocycles. The van der Waals surface area contributed by atoms with Crippen molar-refractivity contribution in [1.82, 2.24) is 4.98 Å². The van der Waals surface area contributed by atoms with Gasteiger partial charge in [0.1, 0.15) is 5.82 Å². The van der Waals surface area contributed by atoms with Crippen LogP contribution in [0, 0.1) is 17.8 Å². The van der Waals surface area contributed by atoms with E-state index in [0.717, 1.165) is 29.3 Å². The lowest BCUT2D eigenvalue weighted by Crippen LogP contribution is -2.54. The van der Waals surface area contributed by atoms with Crippen molar-refractivity contribution in [3.63, 3.8) is 0 Å². The van der Waals surface area contributed by atoms with Gasteiger partial charge in [-0.25, -0.2) is 4.98 Å². The Morgan fingerprint density at radius 2 is 1.67 bits per heavy atom. The summed E-state index contributed by atoms with van der Waals surface area (Å²) in [7, 11) is 0. The maximum atomic E-state index is 5.70. The molecule has 4 aliphatic carbocycles. The molecule has 1 heterocycles. The van der Waals surface area contributed by atoms with Crippen molar-refractivity contribution in [2.75, 3.05) is 11.1 Å². The van der Waals surface area contributed by atoms with Crippen molar-refractivity contribution in [2.45, 2.75) is 44.1 Å². The van der Waals surface area contributed by atoms with E-state index in [0.29, 0.717) is 5.54 Å². The SMILES string of the molecule is Nc1ccc(NC23CC4CC(CC(C4)C2)C3)nc1. The van der Waals surface area contributed by atoms with Crippen LogP contribution in [-0.2, 0) is 0 Å². The average Bonchev–Trinajstić information content (AvgIpc) is 2.30. The third kappa shape index (κ3) is 1.68. The van der Waals surface area contributed by atoms with Crippen LogP contribution in [-0.4, -0.2) is 10.5 Å². The summed E-state index contributed by atoms with van der Waals surface area (Å²) in [5, 5.41) is 3.75. The highest BCUT2D eigenvalue weighted by molar-refractivity contribution is 5.45. The van der Waals surface area contributed by atoms with Crippen molar-refractivity contribution in [1.29, 1.82) is 0 Å². The molecule has 96 valence electrons. The molecule has 4 fully saturated rings. The van der Waals surface area contributed by atoms with Gasteiger partial charge in [-0.1, -0.05) is 0 Å². The summed E-state index contributed by atoms with van der Waals surface area (Å²) in [5.41, 5.74) is 6.78. The fourth-order valence-corrected chi connectivity index (χ4v) is 5.01. The largest absolute Gasteiger partial charge is 0.397 e. The first-order chi connectivity index (χ1) is 8.71. The Labute approximate surface area is 108 Å². The van der Waals surface area contributed by atoms with Crippen molar-refractivity contribution in [3.05, 3.63) is 18.3 Å². The minimum absolute atomic E-state index is 0.345. The van der Waals surface area contributed by atoms with Gasteiger partial charge >= 0.3 is 0 Å². The van der Waals surface area contributed by atoms with E-state index in [-0.39, 0.29) is 0 Å². The zero-order chi connectivity index (χ0) is 12.2. The molecule has 18 heavy (non-hydrogen) atoms. The maximum absolute atomic E-state index is 5.70. The minimum Gasteiger partial charge on any atom is -0.397 e. The molecule has 1 aromatic heterocycles. The quantitative estimate of drug-likeness (QED) is 0.839. The normalized spacial score (nSPS) is 41.0. The van der Waals surface area contributed by atoms with Crippen molar-refractivity contribution in [3.8, 4) is 0 Å². The van der Waals surface area contributed by atoms with E-state index in [1.165, 1.54) is 38.5 Å². The van der Waals surface area contributed by atoms with E-state index in [1.807, 2.05) is 12.1 Å². The molecule has 3 N–H and O–H groups in total. The lowest BCUT2D eigenvalue weighted by atomic mass is 9.53. The topological polar surface area (TPSA) is 50.9 Å². The number of hydrogen-bond acceptors (Lipinski definition) is 3. The van der Waals surface area contributed by atoms with Crippen molar-refractivity contribution in [2.24, 2.45) is 17.8 Å². The number of pyridine rings is 1. The Morgan fingerprint density at radius 1 is 1.06 bits per heavy atom. The lowest BCUT2D eigenvalue weighted by molar-refractivity contribution is 0.0105. The third-order valence-corrected chi connectivity index (χ3v) is 5.22. The Bertz CT molecular complexity index is 416. The third-order valence-electron chi connectivity index (χ3n) is 5.22. The van der Waals surface area contributed by atoms with E-state index in [2.05, 4.69) is 10.3 Å². The van der Waals surface area contributed by atoms with Gasteiger partial charge in [0, 0.05) is 5.54 Å². The van der Waals surface area contributed by atoms with Crippen LogP contribution < -0.4 is 11.1 Å².